The summed E-state index contributed by atoms with van der Waals surface area (Å²) in [6.45, 7) is 1.58. The van der Waals surface area contributed by atoms with E-state index in [4.69, 9.17) is 10.5 Å². The van der Waals surface area contributed by atoms with Crippen LogP contribution in [-0.4, -0.2) is 38.5 Å². The fourth-order valence-corrected chi connectivity index (χ4v) is 4.11. The van der Waals surface area contributed by atoms with Crippen LogP contribution in [0.15, 0.2) is 28.7 Å². The Balaban J connectivity index is 2.07. The number of nitrogens with one attached hydrogen (secondary N) is 1. The van der Waals surface area contributed by atoms with Crippen molar-refractivity contribution in [3.8, 4) is 0 Å². The predicted molar refractivity (Wildman–Crippen MR) is 82.0 cm³/mol. The van der Waals surface area contributed by atoms with Gasteiger partial charge in [-0.25, -0.2) is 8.42 Å². The van der Waals surface area contributed by atoms with E-state index in [9.17, 15) is 8.42 Å². The summed E-state index contributed by atoms with van der Waals surface area (Å²) in [4.78, 5) is 0.952. The van der Waals surface area contributed by atoms with Crippen LogP contribution in [0.4, 0.5) is 5.69 Å². The Bertz CT molecular complexity index is 678. The van der Waals surface area contributed by atoms with Gasteiger partial charge in [-0.05, 0) is 25.1 Å². The van der Waals surface area contributed by atoms with Gasteiger partial charge in [-0.2, -0.15) is 5.10 Å². The quantitative estimate of drug-likeness (QED) is 0.749. The standard InChI is InChI=1S/C12H18N4O3S2/c1-19-7-6-16-9-10(8-14-16)15-21(17,18)12-3-2-11(20-12)4-5-13/h2-3,8-9,15H,4-7,13H2,1H3. The van der Waals surface area contributed by atoms with Crippen molar-refractivity contribution in [2.24, 2.45) is 5.73 Å². The molecule has 2 aromatic rings. The smallest absolute Gasteiger partial charge is 0.271 e. The van der Waals surface area contributed by atoms with Crippen LogP contribution in [0.25, 0.3) is 0 Å². The Hall–Kier alpha value is -1.42. The van der Waals surface area contributed by atoms with Crippen molar-refractivity contribution in [1.82, 2.24) is 9.78 Å². The molecule has 0 unspecified atom stereocenters. The number of hydrogen-bond donors (Lipinski definition) is 2. The van der Waals surface area contributed by atoms with Crippen LogP contribution in [0.3, 0.4) is 0 Å². The van der Waals surface area contributed by atoms with Gasteiger partial charge in [-0.15, -0.1) is 11.3 Å². The van der Waals surface area contributed by atoms with Gasteiger partial charge < -0.3 is 10.5 Å². The number of hydrogen-bond acceptors (Lipinski definition) is 6. The average Bonchev–Trinajstić information content (AvgIpc) is 3.06. The zero-order chi connectivity index (χ0) is 15.3. The lowest BCUT2D eigenvalue weighted by Gasteiger charge is -2.03. The monoisotopic (exact) mass is 330 g/mol. The number of sulfonamides is 1. The van der Waals surface area contributed by atoms with E-state index in [2.05, 4.69) is 9.82 Å². The van der Waals surface area contributed by atoms with Crippen LogP contribution >= 0.6 is 11.3 Å². The first-order chi connectivity index (χ1) is 10.0. The van der Waals surface area contributed by atoms with E-state index >= 15 is 0 Å². The highest BCUT2D eigenvalue weighted by molar-refractivity contribution is 7.94. The summed E-state index contributed by atoms with van der Waals surface area (Å²) in [5.41, 5.74) is 5.90. The third-order valence-electron chi connectivity index (χ3n) is 2.70. The molecule has 0 aliphatic carbocycles. The molecule has 0 radical (unpaired) electrons. The number of thiophene rings is 1. The van der Waals surface area contributed by atoms with Gasteiger partial charge in [-0.3, -0.25) is 9.40 Å². The van der Waals surface area contributed by atoms with Gasteiger partial charge >= 0.3 is 0 Å². The third-order valence-corrected chi connectivity index (χ3v) is 5.72. The van der Waals surface area contributed by atoms with Crippen LogP contribution < -0.4 is 10.5 Å². The molecule has 0 saturated heterocycles. The molecule has 2 aromatic heterocycles. The largest absolute Gasteiger partial charge is 0.383 e. The zero-order valence-corrected chi connectivity index (χ0v) is 13.3. The molecule has 9 heteroatoms. The first-order valence-electron chi connectivity index (χ1n) is 6.38. The first-order valence-corrected chi connectivity index (χ1v) is 8.68. The van der Waals surface area contributed by atoms with E-state index < -0.39 is 10.0 Å². The molecule has 0 amide bonds. The fourth-order valence-electron chi connectivity index (χ4n) is 1.71. The summed E-state index contributed by atoms with van der Waals surface area (Å²) < 4.78 is 33.8. The van der Waals surface area contributed by atoms with Crippen molar-refractivity contribution in [3.63, 3.8) is 0 Å². The highest BCUT2D eigenvalue weighted by atomic mass is 32.2. The lowest BCUT2D eigenvalue weighted by molar-refractivity contribution is 0.183. The Morgan fingerprint density at radius 3 is 3.00 bits per heavy atom. The summed E-state index contributed by atoms with van der Waals surface area (Å²) in [6, 6.07) is 3.38. The van der Waals surface area contributed by atoms with Gasteiger partial charge in [0.25, 0.3) is 10.0 Å². The van der Waals surface area contributed by atoms with E-state index in [0.717, 1.165) is 4.88 Å². The molecular formula is C12H18N4O3S2. The second-order valence-corrected chi connectivity index (χ2v) is 7.43. The summed E-state index contributed by atoms with van der Waals surface area (Å²) in [5.74, 6) is 0. The van der Waals surface area contributed by atoms with E-state index in [1.54, 1.807) is 30.1 Å². The maximum absolute atomic E-state index is 12.2. The second-order valence-electron chi connectivity index (χ2n) is 4.35. The Morgan fingerprint density at radius 1 is 1.48 bits per heavy atom. The van der Waals surface area contributed by atoms with E-state index in [-0.39, 0.29) is 4.21 Å². The number of methoxy groups -OCH3 is 1. The summed E-state index contributed by atoms with van der Waals surface area (Å²) in [6.07, 6.45) is 3.78. The molecule has 0 fully saturated rings. The van der Waals surface area contributed by atoms with Crippen LogP contribution in [0.2, 0.25) is 0 Å². The van der Waals surface area contributed by atoms with Crippen molar-refractivity contribution < 1.29 is 13.2 Å². The fraction of sp³-hybridized carbons (Fsp3) is 0.417. The van der Waals surface area contributed by atoms with Gasteiger partial charge in [-0.1, -0.05) is 0 Å². The van der Waals surface area contributed by atoms with Crippen LogP contribution in [0.5, 0.6) is 0 Å². The van der Waals surface area contributed by atoms with Gasteiger partial charge in [0.2, 0.25) is 0 Å². The van der Waals surface area contributed by atoms with Gasteiger partial charge in [0.1, 0.15) is 4.21 Å². The van der Waals surface area contributed by atoms with Crippen LogP contribution in [-0.2, 0) is 27.7 Å². The van der Waals surface area contributed by atoms with Crippen molar-refractivity contribution in [2.75, 3.05) is 25.0 Å². The van der Waals surface area contributed by atoms with Gasteiger partial charge in [0.05, 0.1) is 25.0 Å². The van der Waals surface area contributed by atoms with Crippen LogP contribution in [0, 0.1) is 0 Å². The Morgan fingerprint density at radius 2 is 2.29 bits per heavy atom. The highest BCUT2D eigenvalue weighted by Gasteiger charge is 2.17. The summed E-state index contributed by atoms with van der Waals surface area (Å²) in [5, 5.41) is 4.06. The molecule has 0 aliphatic rings. The van der Waals surface area contributed by atoms with Crippen molar-refractivity contribution >= 4 is 27.0 Å². The number of nitrogens with zero attached hydrogens (tertiary/aromatic N) is 2. The van der Waals surface area contributed by atoms with Gasteiger partial charge in [0, 0.05) is 18.2 Å². The molecule has 0 saturated carbocycles. The maximum atomic E-state index is 12.2. The summed E-state index contributed by atoms with van der Waals surface area (Å²) in [7, 11) is -1.97. The minimum atomic E-state index is -3.57. The van der Waals surface area contributed by atoms with E-state index in [1.807, 2.05) is 0 Å². The number of anilines is 1. The molecule has 0 atom stereocenters. The second kappa shape index (κ2) is 7.03. The van der Waals surface area contributed by atoms with Gasteiger partial charge in [0.15, 0.2) is 0 Å². The molecule has 2 rings (SSSR count). The summed E-state index contributed by atoms with van der Waals surface area (Å²) >= 11 is 1.23. The zero-order valence-electron chi connectivity index (χ0n) is 11.7. The predicted octanol–water partition coefficient (Wildman–Crippen LogP) is 0.893. The molecule has 2 heterocycles. The Labute approximate surface area is 127 Å². The number of ether oxygens (including phenoxy) is 1. The maximum Gasteiger partial charge on any atom is 0.271 e. The molecule has 3 N–H and O–H groups in total. The molecule has 21 heavy (non-hydrogen) atoms. The van der Waals surface area contributed by atoms with E-state index in [0.29, 0.717) is 31.8 Å². The Kier molecular flexibility index (Phi) is 5.34. The SMILES string of the molecule is COCCn1cc(NS(=O)(=O)c2ccc(CCN)s2)cn1. The normalized spacial score (nSPS) is 11.7. The number of rotatable bonds is 8. The average molecular weight is 330 g/mol. The molecule has 0 aliphatic heterocycles. The molecule has 7 nitrogen and oxygen atoms in total. The first kappa shape index (κ1) is 16.0. The third kappa shape index (κ3) is 4.27. The molecule has 116 valence electrons. The molecule has 0 spiro atoms. The lowest BCUT2D eigenvalue weighted by atomic mass is 10.3. The van der Waals surface area contributed by atoms with Crippen LogP contribution in [0.1, 0.15) is 4.88 Å². The minimum absolute atomic E-state index is 0.274. The van der Waals surface area contributed by atoms with E-state index in [1.165, 1.54) is 17.5 Å². The topological polar surface area (TPSA) is 99.2 Å². The highest BCUT2D eigenvalue weighted by Crippen LogP contribution is 2.24. The number of nitrogens with two attached hydrogens (primary N) is 1. The minimum Gasteiger partial charge on any atom is -0.383 e. The van der Waals surface area contributed by atoms with Crippen molar-refractivity contribution in [1.29, 1.82) is 0 Å². The molecule has 0 bridgehead atoms. The van der Waals surface area contributed by atoms with Crippen molar-refractivity contribution in [2.45, 2.75) is 17.2 Å². The lowest BCUT2D eigenvalue weighted by Crippen LogP contribution is -2.11. The molecular weight excluding hydrogens is 312 g/mol. The molecule has 0 aromatic carbocycles. The number of aromatic nitrogens is 2. The van der Waals surface area contributed by atoms with Crippen molar-refractivity contribution in [3.05, 3.63) is 29.4 Å².